The third kappa shape index (κ3) is 6.32. The van der Waals surface area contributed by atoms with Gasteiger partial charge in [-0.25, -0.2) is 4.99 Å². The van der Waals surface area contributed by atoms with Gasteiger partial charge in [0.25, 0.3) is 0 Å². The quantitative estimate of drug-likeness (QED) is 0.495. The van der Waals surface area contributed by atoms with E-state index < -0.39 is 0 Å². The number of hydrogen-bond donors (Lipinski definition) is 2. The van der Waals surface area contributed by atoms with Gasteiger partial charge >= 0.3 is 0 Å². The van der Waals surface area contributed by atoms with Crippen LogP contribution in [0.25, 0.3) is 0 Å². The summed E-state index contributed by atoms with van der Waals surface area (Å²) < 4.78 is 10.8. The second-order valence-electron chi connectivity index (χ2n) is 6.17. The van der Waals surface area contributed by atoms with Gasteiger partial charge in [0.15, 0.2) is 17.5 Å². The Bertz CT molecular complexity index is 783. The van der Waals surface area contributed by atoms with E-state index in [1.54, 1.807) is 7.11 Å². The number of benzene rings is 2. The standard InChI is InChI=1S/C21H28ClN3O3/c1-4-23-21(25(2)15-17-7-5-6-8-18(17)22)24-14-16-9-10-19(28-12-11-26)20(13-16)27-3/h5-10,13,26H,4,11-12,14-15H2,1-3H3,(H,23,24). The van der Waals surface area contributed by atoms with Gasteiger partial charge in [-0.2, -0.15) is 0 Å². The first-order valence-corrected chi connectivity index (χ1v) is 9.60. The van der Waals surface area contributed by atoms with Gasteiger partial charge < -0.3 is 24.8 Å². The smallest absolute Gasteiger partial charge is 0.194 e. The number of aliphatic hydroxyl groups is 1. The van der Waals surface area contributed by atoms with Gasteiger partial charge in [-0.15, -0.1) is 0 Å². The molecule has 152 valence electrons. The minimum Gasteiger partial charge on any atom is -0.493 e. The summed E-state index contributed by atoms with van der Waals surface area (Å²) >= 11 is 6.28. The molecule has 2 rings (SSSR count). The van der Waals surface area contributed by atoms with Crippen LogP contribution in [0.2, 0.25) is 5.02 Å². The van der Waals surface area contributed by atoms with E-state index in [1.807, 2.05) is 61.3 Å². The molecule has 0 saturated carbocycles. The molecule has 0 aliphatic rings. The Morgan fingerprint density at radius 1 is 1.21 bits per heavy atom. The van der Waals surface area contributed by atoms with Gasteiger partial charge in [-0.05, 0) is 36.2 Å². The lowest BCUT2D eigenvalue weighted by molar-refractivity contribution is 0.196. The van der Waals surface area contributed by atoms with Gasteiger partial charge in [0.2, 0.25) is 0 Å². The maximum absolute atomic E-state index is 8.91. The highest BCUT2D eigenvalue weighted by Crippen LogP contribution is 2.28. The number of nitrogens with one attached hydrogen (secondary N) is 1. The molecular weight excluding hydrogens is 378 g/mol. The minimum atomic E-state index is -0.0426. The van der Waals surface area contributed by atoms with Gasteiger partial charge in [-0.1, -0.05) is 35.9 Å². The Morgan fingerprint density at radius 2 is 2.00 bits per heavy atom. The normalized spacial score (nSPS) is 11.2. The molecule has 0 amide bonds. The lowest BCUT2D eigenvalue weighted by Crippen LogP contribution is -2.38. The number of hydrogen-bond acceptors (Lipinski definition) is 4. The molecule has 2 aromatic rings. The van der Waals surface area contributed by atoms with E-state index in [-0.39, 0.29) is 13.2 Å². The van der Waals surface area contributed by atoms with Crippen molar-refractivity contribution in [3.63, 3.8) is 0 Å². The molecule has 6 nitrogen and oxygen atoms in total. The first-order valence-electron chi connectivity index (χ1n) is 9.22. The maximum Gasteiger partial charge on any atom is 0.194 e. The van der Waals surface area contributed by atoms with Crippen molar-refractivity contribution in [2.24, 2.45) is 4.99 Å². The summed E-state index contributed by atoms with van der Waals surface area (Å²) in [6.07, 6.45) is 0. The Labute approximate surface area is 171 Å². The molecule has 7 heteroatoms. The number of nitrogens with zero attached hydrogens (tertiary/aromatic N) is 2. The van der Waals surface area contributed by atoms with Crippen LogP contribution >= 0.6 is 11.6 Å². The van der Waals surface area contributed by atoms with Crippen molar-refractivity contribution in [3.05, 3.63) is 58.6 Å². The van der Waals surface area contributed by atoms with Crippen molar-refractivity contribution in [1.82, 2.24) is 10.2 Å². The fraction of sp³-hybridized carbons (Fsp3) is 0.381. The number of aliphatic imine (C=N–C) groups is 1. The highest BCUT2D eigenvalue weighted by atomic mass is 35.5. The SMILES string of the molecule is CCNC(=NCc1ccc(OCCO)c(OC)c1)N(C)Cc1ccccc1Cl. The van der Waals surface area contributed by atoms with E-state index in [4.69, 9.17) is 31.2 Å². The number of rotatable bonds is 9. The highest BCUT2D eigenvalue weighted by molar-refractivity contribution is 6.31. The molecule has 0 bridgehead atoms. The van der Waals surface area contributed by atoms with E-state index >= 15 is 0 Å². The van der Waals surface area contributed by atoms with E-state index in [0.717, 1.165) is 28.7 Å². The van der Waals surface area contributed by atoms with Crippen molar-refractivity contribution in [1.29, 1.82) is 0 Å². The van der Waals surface area contributed by atoms with Crippen LogP contribution < -0.4 is 14.8 Å². The Hall–Kier alpha value is -2.44. The fourth-order valence-corrected chi connectivity index (χ4v) is 2.87. The molecule has 0 spiro atoms. The Kier molecular flexibility index (Phi) is 8.91. The third-order valence-electron chi connectivity index (χ3n) is 4.05. The molecular formula is C21H28ClN3O3. The monoisotopic (exact) mass is 405 g/mol. The molecule has 0 heterocycles. The number of halogens is 1. The topological polar surface area (TPSA) is 66.3 Å². The fourth-order valence-electron chi connectivity index (χ4n) is 2.68. The van der Waals surface area contributed by atoms with Crippen LogP contribution in [0.5, 0.6) is 11.5 Å². The number of methoxy groups -OCH3 is 1. The molecule has 0 saturated heterocycles. The van der Waals surface area contributed by atoms with Crippen LogP contribution in [0.3, 0.4) is 0 Å². The minimum absolute atomic E-state index is 0.0426. The zero-order valence-electron chi connectivity index (χ0n) is 16.6. The van der Waals surface area contributed by atoms with Gasteiger partial charge in [0.05, 0.1) is 20.3 Å². The summed E-state index contributed by atoms with van der Waals surface area (Å²) in [4.78, 5) is 6.77. The largest absolute Gasteiger partial charge is 0.493 e. The zero-order valence-corrected chi connectivity index (χ0v) is 17.4. The van der Waals surface area contributed by atoms with Crippen LogP contribution in [-0.4, -0.2) is 49.9 Å². The van der Waals surface area contributed by atoms with Crippen LogP contribution in [0.4, 0.5) is 0 Å². The van der Waals surface area contributed by atoms with Crippen molar-refractivity contribution < 1.29 is 14.6 Å². The van der Waals surface area contributed by atoms with Crippen molar-refractivity contribution >= 4 is 17.6 Å². The molecule has 0 aliphatic heterocycles. The number of aliphatic hydroxyl groups excluding tert-OH is 1. The average molecular weight is 406 g/mol. The van der Waals surface area contributed by atoms with E-state index in [9.17, 15) is 0 Å². The molecule has 2 N–H and O–H groups in total. The first-order chi connectivity index (χ1) is 13.6. The summed E-state index contributed by atoms with van der Waals surface area (Å²) in [6, 6.07) is 13.5. The van der Waals surface area contributed by atoms with Crippen LogP contribution in [0.15, 0.2) is 47.5 Å². The molecule has 0 atom stereocenters. The van der Waals surface area contributed by atoms with Crippen molar-refractivity contribution in [2.45, 2.75) is 20.0 Å². The molecule has 0 radical (unpaired) electrons. The highest BCUT2D eigenvalue weighted by Gasteiger charge is 2.10. The molecule has 0 unspecified atom stereocenters. The Morgan fingerprint density at radius 3 is 2.68 bits per heavy atom. The molecule has 28 heavy (non-hydrogen) atoms. The summed E-state index contributed by atoms with van der Waals surface area (Å²) in [5.74, 6) is 2.02. The summed E-state index contributed by atoms with van der Waals surface area (Å²) in [5, 5.41) is 13.0. The lowest BCUT2D eigenvalue weighted by atomic mass is 10.2. The maximum atomic E-state index is 8.91. The van der Waals surface area contributed by atoms with E-state index in [2.05, 4.69) is 5.32 Å². The summed E-state index contributed by atoms with van der Waals surface area (Å²) in [6.45, 7) is 4.14. The van der Waals surface area contributed by atoms with E-state index in [1.165, 1.54) is 0 Å². The predicted octanol–water partition coefficient (Wildman–Crippen LogP) is 3.32. The lowest BCUT2D eigenvalue weighted by Gasteiger charge is -2.22. The van der Waals surface area contributed by atoms with Crippen LogP contribution in [-0.2, 0) is 13.1 Å². The molecule has 2 aromatic carbocycles. The van der Waals surface area contributed by atoms with Crippen molar-refractivity contribution in [3.8, 4) is 11.5 Å². The van der Waals surface area contributed by atoms with Gasteiger partial charge in [0, 0.05) is 25.2 Å². The predicted molar refractivity (Wildman–Crippen MR) is 113 cm³/mol. The second kappa shape index (κ2) is 11.4. The number of guanidine groups is 1. The Balaban J connectivity index is 2.12. The molecule has 0 aromatic heterocycles. The van der Waals surface area contributed by atoms with Crippen molar-refractivity contribution in [2.75, 3.05) is 33.9 Å². The van der Waals surface area contributed by atoms with Gasteiger partial charge in [0.1, 0.15) is 6.61 Å². The molecule has 0 aliphatic carbocycles. The first kappa shape index (κ1) is 21.9. The molecule has 0 fully saturated rings. The average Bonchev–Trinajstić information content (AvgIpc) is 2.71. The van der Waals surface area contributed by atoms with Crippen LogP contribution in [0.1, 0.15) is 18.1 Å². The van der Waals surface area contributed by atoms with Crippen LogP contribution in [0, 0.1) is 0 Å². The third-order valence-corrected chi connectivity index (χ3v) is 4.42. The summed E-state index contributed by atoms with van der Waals surface area (Å²) in [5.41, 5.74) is 2.04. The van der Waals surface area contributed by atoms with Gasteiger partial charge in [-0.3, -0.25) is 0 Å². The number of ether oxygens (including phenoxy) is 2. The van der Waals surface area contributed by atoms with E-state index in [0.29, 0.717) is 24.6 Å². The summed E-state index contributed by atoms with van der Waals surface area (Å²) in [7, 11) is 3.58. The zero-order chi connectivity index (χ0) is 20.4. The second-order valence-corrected chi connectivity index (χ2v) is 6.58.